The first-order valence-electron chi connectivity index (χ1n) is 6.67. The summed E-state index contributed by atoms with van der Waals surface area (Å²) in [6, 6.07) is 13.8. The summed E-state index contributed by atoms with van der Waals surface area (Å²) in [5, 5.41) is 3.45. The molecule has 1 aliphatic rings. The molecule has 3 rings (SSSR count). The zero-order chi connectivity index (χ0) is 13.9. The summed E-state index contributed by atoms with van der Waals surface area (Å²) < 4.78 is 15.1. The van der Waals surface area contributed by atoms with Crippen molar-refractivity contribution in [1.29, 1.82) is 0 Å². The molecule has 0 radical (unpaired) electrons. The second kappa shape index (κ2) is 6.29. The molecule has 0 heterocycles. The average Bonchev–Trinajstić information content (AvgIpc) is 3.26. The molecular formula is C16H15BrFNS. The van der Waals surface area contributed by atoms with Gasteiger partial charge < -0.3 is 5.32 Å². The maximum atomic E-state index is 14.1. The van der Waals surface area contributed by atoms with Crippen molar-refractivity contribution in [2.24, 2.45) is 0 Å². The van der Waals surface area contributed by atoms with E-state index < -0.39 is 0 Å². The van der Waals surface area contributed by atoms with Crippen LogP contribution in [-0.2, 0) is 6.54 Å². The van der Waals surface area contributed by atoms with E-state index in [-0.39, 0.29) is 5.82 Å². The summed E-state index contributed by atoms with van der Waals surface area (Å²) in [7, 11) is 0. The van der Waals surface area contributed by atoms with E-state index in [1.807, 2.05) is 30.3 Å². The van der Waals surface area contributed by atoms with Crippen molar-refractivity contribution in [3.8, 4) is 0 Å². The second-order valence-corrected chi connectivity index (χ2v) is 6.82. The first-order valence-corrected chi connectivity index (χ1v) is 8.28. The van der Waals surface area contributed by atoms with Crippen LogP contribution in [0, 0.1) is 5.82 Å². The monoisotopic (exact) mass is 351 g/mol. The van der Waals surface area contributed by atoms with E-state index in [4.69, 9.17) is 0 Å². The van der Waals surface area contributed by atoms with Crippen LogP contribution in [0.1, 0.15) is 18.4 Å². The van der Waals surface area contributed by atoms with Crippen molar-refractivity contribution in [1.82, 2.24) is 5.32 Å². The van der Waals surface area contributed by atoms with E-state index in [0.29, 0.717) is 10.9 Å². The van der Waals surface area contributed by atoms with E-state index in [1.165, 1.54) is 30.7 Å². The summed E-state index contributed by atoms with van der Waals surface area (Å²) in [6.45, 7) is 0.731. The molecular weight excluding hydrogens is 337 g/mol. The van der Waals surface area contributed by atoms with Gasteiger partial charge in [0.1, 0.15) is 5.82 Å². The van der Waals surface area contributed by atoms with Crippen molar-refractivity contribution in [2.75, 3.05) is 0 Å². The van der Waals surface area contributed by atoms with Crippen LogP contribution in [0.15, 0.2) is 56.7 Å². The normalized spacial score (nSPS) is 14.5. The average molecular weight is 352 g/mol. The van der Waals surface area contributed by atoms with Gasteiger partial charge in [-0.25, -0.2) is 4.39 Å². The third kappa shape index (κ3) is 3.43. The predicted molar refractivity (Wildman–Crippen MR) is 84.5 cm³/mol. The molecule has 0 spiro atoms. The predicted octanol–water partition coefficient (Wildman–Crippen LogP) is 4.99. The van der Waals surface area contributed by atoms with Crippen LogP contribution in [0.2, 0.25) is 0 Å². The van der Waals surface area contributed by atoms with Crippen LogP contribution in [0.25, 0.3) is 0 Å². The number of hydrogen-bond donors (Lipinski definition) is 1. The molecule has 1 fully saturated rings. The highest BCUT2D eigenvalue weighted by Crippen LogP contribution is 2.37. The van der Waals surface area contributed by atoms with Crippen LogP contribution in [0.4, 0.5) is 4.39 Å². The van der Waals surface area contributed by atoms with Gasteiger partial charge in [-0.15, -0.1) is 0 Å². The Hall–Kier alpha value is -0.840. The molecule has 1 N–H and O–H groups in total. The Labute approximate surface area is 131 Å². The fourth-order valence-electron chi connectivity index (χ4n) is 1.99. The molecule has 0 amide bonds. The molecule has 1 saturated carbocycles. The summed E-state index contributed by atoms with van der Waals surface area (Å²) >= 11 is 4.99. The van der Waals surface area contributed by atoms with E-state index in [2.05, 4.69) is 21.2 Å². The minimum absolute atomic E-state index is 0.152. The molecule has 0 unspecified atom stereocenters. The van der Waals surface area contributed by atoms with E-state index >= 15 is 0 Å². The van der Waals surface area contributed by atoms with Crippen molar-refractivity contribution in [3.05, 3.63) is 58.3 Å². The molecule has 0 saturated heterocycles. The maximum absolute atomic E-state index is 14.1. The molecule has 20 heavy (non-hydrogen) atoms. The quantitative estimate of drug-likeness (QED) is 0.814. The fraction of sp³-hybridized carbons (Fsp3) is 0.250. The SMILES string of the molecule is Fc1cccc(CNC2CC2)c1Sc1ccccc1Br. The number of benzene rings is 2. The molecule has 0 atom stereocenters. The summed E-state index contributed by atoms with van der Waals surface area (Å²) in [6.07, 6.45) is 2.48. The lowest BCUT2D eigenvalue weighted by atomic mass is 10.2. The molecule has 2 aromatic rings. The van der Waals surface area contributed by atoms with E-state index in [0.717, 1.165) is 21.5 Å². The smallest absolute Gasteiger partial charge is 0.137 e. The Kier molecular flexibility index (Phi) is 4.44. The highest BCUT2D eigenvalue weighted by atomic mass is 79.9. The van der Waals surface area contributed by atoms with E-state index in [1.54, 1.807) is 6.07 Å². The van der Waals surface area contributed by atoms with Gasteiger partial charge in [-0.05, 0) is 52.5 Å². The number of nitrogens with one attached hydrogen (secondary N) is 1. The molecule has 4 heteroatoms. The minimum atomic E-state index is -0.152. The third-order valence-electron chi connectivity index (χ3n) is 3.26. The highest BCUT2D eigenvalue weighted by Gasteiger charge is 2.21. The van der Waals surface area contributed by atoms with Crippen LogP contribution in [-0.4, -0.2) is 6.04 Å². The van der Waals surface area contributed by atoms with Crippen LogP contribution >= 0.6 is 27.7 Å². The number of hydrogen-bond acceptors (Lipinski definition) is 2. The minimum Gasteiger partial charge on any atom is -0.310 e. The van der Waals surface area contributed by atoms with Gasteiger partial charge in [-0.1, -0.05) is 36.0 Å². The molecule has 2 aromatic carbocycles. The maximum Gasteiger partial charge on any atom is 0.137 e. The zero-order valence-corrected chi connectivity index (χ0v) is 13.3. The molecule has 1 aliphatic carbocycles. The largest absolute Gasteiger partial charge is 0.310 e. The van der Waals surface area contributed by atoms with Gasteiger partial charge in [0.15, 0.2) is 0 Å². The van der Waals surface area contributed by atoms with Gasteiger partial charge in [-0.2, -0.15) is 0 Å². The number of halogens is 2. The van der Waals surface area contributed by atoms with E-state index in [9.17, 15) is 4.39 Å². The first-order chi connectivity index (χ1) is 9.74. The first kappa shape index (κ1) is 14.1. The molecule has 0 bridgehead atoms. The topological polar surface area (TPSA) is 12.0 Å². The van der Waals surface area contributed by atoms with Gasteiger partial charge in [-0.3, -0.25) is 0 Å². The standard InChI is InChI=1S/C16H15BrFNS/c17-13-5-1-2-7-15(13)20-16-11(4-3-6-14(16)18)10-19-12-8-9-12/h1-7,12,19H,8-10H2. The van der Waals surface area contributed by atoms with Gasteiger partial charge in [0.25, 0.3) is 0 Å². The van der Waals surface area contributed by atoms with Crippen molar-refractivity contribution in [3.63, 3.8) is 0 Å². The molecule has 1 nitrogen and oxygen atoms in total. The van der Waals surface area contributed by atoms with Crippen LogP contribution in [0.3, 0.4) is 0 Å². The Morgan fingerprint density at radius 2 is 1.95 bits per heavy atom. The lowest BCUT2D eigenvalue weighted by Gasteiger charge is -2.12. The fourth-order valence-corrected chi connectivity index (χ4v) is 3.48. The van der Waals surface area contributed by atoms with Crippen molar-refractivity contribution < 1.29 is 4.39 Å². The van der Waals surface area contributed by atoms with Crippen LogP contribution < -0.4 is 5.32 Å². The van der Waals surface area contributed by atoms with Gasteiger partial charge in [0.05, 0.1) is 4.90 Å². The van der Waals surface area contributed by atoms with Gasteiger partial charge in [0, 0.05) is 22.0 Å². The second-order valence-electron chi connectivity index (χ2n) is 4.92. The van der Waals surface area contributed by atoms with Gasteiger partial charge in [0.2, 0.25) is 0 Å². The lowest BCUT2D eigenvalue weighted by molar-refractivity contribution is 0.589. The van der Waals surface area contributed by atoms with Gasteiger partial charge >= 0.3 is 0 Å². The van der Waals surface area contributed by atoms with Crippen molar-refractivity contribution >= 4 is 27.7 Å². The summed E-state index contributed by atoms with van der Waals surface area (Å²) in [5.74, 6) is -0.152. The summed E-state index contributed by atoms with van der Waals surface area (Å²) in [4.78, 5) is 1.75. The van der Waals surface area contributed by atoms with Crippen LogP contribution in [0.5, 0.6) is 0 Å². The molecule has 104 valence electrons. The molecule has 0 aromatic heterocycles. The summed E-state index contributed by atoms with van der Waals surface area (Å²) in [5.41, 5.74) is 1.03. The Morgan fingerprint density at radius 1 is 1.15 bits per heavy atom. The van der Waals surface area contributed by atoms with Crippen molar-refractivity contribution in [2.45, 2.75) is 35.2 Å². The molecule has 0 aliphatic heterocycles. The Balaban J connectivity index is 1.85. The third-order valence-corrected chi connectivity index (χ3v) is 5.45. The Morgan fingerprint density at radius 3 is 2.70 bits per heavy atom. The lowest BCUT2D eigenvalue weighted by Crippen LogP contribution is -2.16. The highest BCUT2D eigenvalue weighted by molar-refractivity contribution is 9.10. The number of rotatable bonds is 5. The zero-order valence-electron chi connectivity index (χ0n) is 10.9. The Bertz CT molecular complexity index is 613.